The van der Waals surface area contributed by atoms with Crippen LogP contribution in [0.25, 0.3) is 0 Å². The van der Waals surface area contributed by atoms with E-state index >= 15 is 0 Å². The lowest BCUT2D eigenvalue weighted by atomic mass is 9.84. The number of carbonyl (C=O) groups is 2. The van der Waals surface area contributed by atoms with Crippen molar-refractivity contribution in [3.8, 4) is 0 Å². The number of hydrogen-bond donors (Lipinski definition) is 2. The van der Waals surface area contributed by atoms with Crippen molar-refractivity contribution in [1.82, 2.24) is 10.2 Å². The van der Waals surface area contributed by atoms with E-state index in [1.54, 1.807) is 0 Å². The summed E-state index contributed by atoms with van der Waals surface area (Å²) in [5.74, 6) is 0.419. The van der Waals surface area contributed by atoms with Crippen molar-refractivity contribution in [1.29, 1.82) is 0 Å². The Hall–Kier alpha value is -1.88. The van der Waals surface area contributed by atoms with Gasteiger partial charge in [-0.25, -0.2) is 0 Å². The summed E-state index contributed by atoms with van der Waals surface area (Å²) in [6.45, 7) is 1.14. The Bertz CT molecular complexity index is 575. The molecule has 5 heteroatoms. The predicted octanol–water partition coefficient (Wildman–Crippen LogP) is 1.92. The van der Waals surface area contributed by atoms with E-state index < -0.39 is 0 Å². The van der Waals surface area contributed by atoms with Gasteiger partial charge in [0.1, 0.15) is 6.04 Å². The number of rotatable bonds is 5. The van der Waals surface area contributed by atoms with Crippen LogP contribution in [0, 0.1) is 5.92 Å². The largest absolute Gasteiger partial charge is 0.354 e. The predicted molar refractivity (Wildman–Crippen MR) is 93.4 cm³/mol. The minimum Gasteiger partial charge on any atom is -0.354 e. The van der Waals surface area contributed by atoms with Crippen LogP contribution in [0.15, 0.2) is 30.3 Å². The van der Waals surface area contributed by atoms with E-state index in [4.69, 9.17) is 5.73 Å². The van der Waals surface area contributed by atoms with E-state index in [-0.39, 0.29) is 23.9 Å². The third kappa shape index (κ3) is 3.46. The van der Waals surface area contributed by atoms with Gasteiger partial charge in [-0.3, -0.25) is 9.59 Å². The van der Waals surface area contributed by atoms with Gasteiger partial charge in [0.2, 0.25) is 5.91 Å². The van der Waals surface area contributed by atoms with Crippen LogP contribution < -0.4 is 11.1 Å². The molecular weight excluding hydrogens is 302 g/mol. The first-order chi connectivity index (χ1) is 11.7. The minimum absolute atomic E-state index is 0.0102. The van der Waals surface area contributed by atoms with Gasteiger partial charge >= 0.3 is 0 Å². The van der Waals surface area contributed by atoms with Crippen LogP contribution >= 0.6 is 0 Å². The van der Waals surface area contributed by atoms with Crippen LogP contribution in [0.2, 0.25) is 0 Å². The van der Waals surface area contributed by atoms with Crippen molar-refractivity contribution in [3.05, 3.63) is 35.9 Å². The number of benzene rings is 1. The number of fused-ring (bicyclic) bond motifs is 1. The first-order valence-electron chi connectivity index (χ1n) is 9.08. The van der Waals surface area contributed by atoms with Gasteiger partial charge in [-0.1, -0.05) is 31.0 Å². The number of likely N-dealkylation sites (tertiary alicyclic amines) is 1. The third-order valence-electron chi connectivity index (χ3n) is 5.33. The van der Waals surface area contributed by atoms with E-state index in [0.717, 1.165) is 32.1 Å². The van der Waals surface area contributed by atoms with Gasteiger partial charge in [0.05, 0.1) is 0 Å². The van der Waals surface area contributed by atoms with Gasteiger partial charge in [-0.2, -0.15) is 0 Å². The van der Waals surface area contributed by atoms with Crippen molar-refractivity contribution >= 4 is 11.8 Å². The average Bonchev–Trinajstić information content (AvgIpc) is 3.01. The molecule has 0 spiro atoms. The van der Waals surface area contributed by atoms with Crippen molar-refractivity contribution in [3.63, 3.8) is 0 Å². The van der Waals surface area contributed by atoms with Gasteiger partial charge in [0, 0.05) is 18.2 Å². The van der Waals surface area contributed by atoms with E-state index in [9.17, 15) is 9.59 Å². The molecular formula is C19H27N3O2. The van der Waals surface area contributed by atoms with Gasteiger partial charge in [0.25, 0.3) is 5.91 Å². The number of carbonyl (C=O) groups excluding carboxylic acids is 2. The molecule has 1 aliphatic carbocycles. The molecule has 1 aliphatic heterocycles. The van der Waals surface area contributed by atoms with Crippen molar-refractivity contribution < 1.29 is 9.59 Å². The van der Waals surface area contributed by atoms with Crippen LogP contribution in [-0.4, -0.2) is 41.9 Å². The molecule has 5 nitrogen and oxygen atoms in total. The number of nitrogens with two attached hydrogens (primary N) is 1. The summed E-state index contributed by atoms with van der Waals surface area (Å²) in [7, 11) is 0. The standard InChI is InChI=1S/C19H27N3O2/c20-11-6-12-21-18(23)17-13-15-9-4-5-10-16(15)22(17)19(24)14-7-2-1-3-8-14/h1-3,7-8,15-17H,4-6,9-13,20H2,(H,21,23). The molecule has 2 amide bonds. The number of hydrogen-bond acceptors (Lipinski definition) is 3. The summed E-state index contributed by atoms with van der Waals surface area (Å²) in [6, 6.07) is 9.18. The first kappa shape index (κ1) is 17.0. The second-order valence-electron chi connectivity index (χ2n) is 6.88. The molecule has 1 saturated carbocycles. The van der Waals surface area contributed by atoms with Crippen molar-refractivity contribution in [2.24, 2.45) is 11.7 Å². The van der Waals surface area contributed by atoms with Crippen LogP contribution in [-0.2, 0) is 4.79 Å². The zero-order valence-corrected chi connectivity index (χ0v) is 14.1. The highest BCUT2D eigenvalue weighted by molar-refractivity contribution is 5.98. The smallest absolute Gasteiger partial charge is 0.254 e. The molecule has 0 aromatic heterocycles. The number of amides is 2. The maximum absolute atomic E-state index is 13.1. The quantitative estimate of drug-likeness (QED) is 0.811. The van der Waals surface area contributed by atoms with Crippen LogP contribution in [0.1, 0.15) is 48.9 Å². The summed E-state index contributed by atoms with van der Waals surface area (Å²) in [5.41, 5.74) is 6.17. The third-order valence-corrected chi connectivity index (χ3v) is 5.33. The molecule has 3 atom stereocenters. The normalized spacial score (nSPS) is 26.0. The van der Waals surface area contributed by atoms with E-state index in [2.05, 4.69) is 5.32 Å². The average molecular weight is 329 g/mol. The lowest BCUT2D eigenvalue weighted by Crippen LogP contribution is -2.49. The molecule has 3 rings (SSSR count). The molecule has 1 aromatic carbocycles. The van der Waals surface area contributed by atoms with Crippen molar-refractivity contribution in [2.75, 3.05) is 13.1 Å². The molecule has 1 saturated heterocycles. The van der Waals surface area contributed by atoms with Gasteiger partial charge in [0.15, 0.2) is 0 Å². The van der Waals surface area contributed by atoms with E-state index in [1.807, 2.05) is 35.2 Å². The summed E-state index contributed by atoms with van der Waals surface area (Å²) >= 11 is 0. The Balaban J connectivity index is 1.80. The molecule has 130 valence electrons. The minimum atomic E-state index is -0.344. The Kier molecular flexibility index (Phi) is 5.51. The van der Waals surface area contributed by atoms with Crippen LogP contribution in [0.5, 0.6) is 0 Å². The second-order valence-corrected chi connectivity index (χ2v) is 6.88. The Morgan fingerprint density at radius 2 is 1.92 bits per heavy atom. The SMILES string of the molecule is NCCCNC(=O)C1CC2CCCCC2N1C(=O)c1ccccc1. The molecule has 3 N–H and O–H groups in total. The fraction of sp³-hybridized carbons (Fsp3) is 0.579. The monoisotopic (exact) mass is 329 g/mol. The molecule has 0 bridgehead atoms. The molecule has 0 radical (unpaired) electrons. The highest BCUT2D eigenvalue weighted by Gasteiger charge is 2.47. The molecule has 1 aromatic rings. The molecule has 2 fully saturated rings. The van der Waals surface area contributed by atoms with E-state index in [1.165, 1.54) is 6.42 Å². The zero-order valence-electron chi connectivity index (χ0n) is 14.1. The van der Waals surface area contributed by atoms with Crippen LogP contribution in [0.4, 0.5) is 0 Å². The maximum atomic E-state index is 13.1. The fourth-order valence-electron chi connectivity index (χ4n) is 4.15. The second kappa shape index (κ2) is 7.79. The van der Waals surface area contributed by atoms with Crippen LogP contribution in [0.3, 0.4) is 0 Å². The van der Waals surface area contributed by atoms with Crippen molar-refractivity contribution in [2.45, 2.75) is 50.6 Å². The summed E-state index contributed by atoms with van der Waals surface area (Å²) < 4.78 is 0. The number of nitrogens with one attached hydrogen (secondary N) is 1. The first-order valence-corrected chi connectivity index (χ1v) is 9.08. The highest BCUT2D eigenvalue weighted by atomic mass is 16.2. The molecule has 24 heavy (non-hydrogen) atoms. The highest BCUT2D eigenvalue weighted by Crippen LogP contribution is 2.40. The van der Waals surface area contributed by atoms with Gasteiger partial charge in [-0.05, 0) is 50.3 Å². The van der Waals surface area contributed by atoms with Gasteiger partial charge in [-0.15, -0.1) is 0 Å². The maximum Gasteiger partial charge on any atom is 0.254 e. The molecule has 3 unspecified atom stereocenters. The lowest BCUT2D eigenvalue weighted by Gasteiger charge is -2.33. The summed E-state index contributed by atoms with van der Waals surface area (Å²) in [5, 5.41) is 2.96. The van der Waals surface area contributed by atoms with Gasteiger partial charge < -0.3 is 16.0 Å². The molecule has 2 aliphatic rings. The van der Waals surface area contributed by atoms with E-state index in [0.29, 0.717) is 24.6 Å². The summed E-state index contributed by atoms with van der Waals surface area (Å²) in [4.78, 5) is 27.6. The Morgan fingerprint density at radius 3 is 2.67 bits per heavy atom. The molecule has 1 heterocycles. The Morgan fingerprint density at radius 1 is 1.17 bits per heavy atom. The number of nitrogens with zero attached hydrogens (tertiary/aromatic N) is 1. The topological polar surface area (TPSA) is 75.4 Å². The lowest BCUT2D eigenvalue weighted by molar-refractivity contribution is -0.125. The fourth-order valence-corrected chi connectivity index (χ4v) is 4.15. The summed E-state index contributed by atoms with van der Waals surface area (Å²) in [6.07, 6.45) is 6.03. The Labute approximate surface area is 143 Å². The zero-order chi connectivity index (χ0) is 16.9.